The lowest BCUT2D eigenvalue weighted by Gasteiger charge is -2.07. The number of thiocarbonyl (C=S) groups is 2. The van der Waals surface area contributed by atoms with E-state index < -0.39 is 15.9 Å². The second kappa shape index (κ2) is 9.55. The molecule has 0 unspecified atom stereocenters. The summed E-state index contributed by atoms with van der Waals surface area (Å²) in [4.78, 5) is 0. The van der Waals surface area contributed by atoms with Crippen molar-refractivity contribution in [3.05, 3.63) is 0 Å². The van der Waals surface area contributed by atoms with Crippen LogP contribution >= 0.6 is 24.4 Å². The minimum Gasteiger partial charge on any atom is -0.364 e. The Kier molecular flexibility index (Phi) is 8.92. The van der Waals surface area contributed by atoms with E-state index in [1.165, 1.54) is 0 Å². The van der Waals surface area contributed by atoms with E-state index in [4.69, 9.17) is 29.0 Å². The average Bonchev–Trinajstić information content (AvgIpc) is 2.40. The fraction of sp³-hybridized carbons (Fsp3) is 0.556. The molecule has 0 aliphatic rings. The van der Waals surface area contributed by atoms with E-state index >= 15 is 0 Å². The Morgan fingerprint density at radius 1 is 1.10 bits per heavy atom. The number of hydrazone groups is 2. The second-order valence-corrected chi connectivity index (χ2v) is 6.13. The van der Waals surface area contributed by atoms with Crippen LogP contribution in [0.25, 0.3) is 0 Å². The SMILES string of the molecule is CNC(=S)N/N=C(C)/C(C)=N\NC(=S)NCCS(=O)(=O)O. The minimum atomic E-state index is -4.01. The summed E-state index contributed by atoms with van der Waals surface area (Å²) in [5.41, 5.74) is 6.27. The molecule has 0 saturated carbocycles. The molecule has 0 heterocycles. The van der Waals surface area contributed by atoms with Crippen molar-refractivity contribution in [3.63, 3.8) is 0 Å². The van der Waals surface area contributed by atoms with Crippen molar-refractivity contribution in [2.45, 2.75) is 13.8 Å². The van der Waals surface area contributed by atoms with Crippen molar-refractivity contribution in [2.24, 2.45) is 10.2 Å². The van der Waals surface area contributed by atoms with Gasteiger partial charge in [-0.1, -0.05) is 0 Å². The van der Waals surface area contributed by atoms with E-state index in [1.54, 1.807) is 20.9 Å². The van der Waals surface area contributed by atoms with Crippen molar-refractivity contribution in [1.29, 1.82) is 0 Å². The summed E-state index contributed by atoms with van der Waals surface area (Å²) in [6.07, 6.45) is 0. The first-order valence-corrected chi connectivity index (χ1v) is 8.14. The molecule has 0 aromatic heterocycles. The Hall–Kier alpha value is -1.37. The van der Waals surface area contributed by atoms with Gasteiger partial charge in [0.15, 0.2) is 10.2 Å². The lowest BCUT2D eigenvalue weighted by Crippen LogP contribution is -2.36. The predicted octanol–water partition coefficient (Wildman–Crippen LogP) is -0.816. The van der Waals surface area contributed by atoms with Crippen LogP contribution < -0.4 is 21.5 Å². The van der Waals surface area contributed by atoms with Gasteiger partial charge in [-0.2, -0.15) is 18.6 Å². The predicted molar refractivity (Wildman–Crippen MR) is 91.2 cm³/mol. The highest BCUT2D eigenvalue weighted by Crippen LogP contribution is 1.83. The van der Waals surface area contributed by atoms with Gasteiger partial charge in [0.25, 0.3) is 10.1 Å². The summed E-state index contributed by atoms with van der Waals surface area (Å²) < 4.78 is 29.6. The number of hydrogen-bond acceptors (Lipinski definition) is 6. The first-order chi connectivity index (χ1) is 9.65. The first-order valence-electron chi connectivity index (χ1n) is 5.71. The molecule has 0 spiro atoms. The molecule has 0 atom stereocenters. The Morgan fingerprint density at radius 3 is 2.00 bits per heavy atom. The van der Waals surface area contributed by atoms with Gasteiger partial charge in [0.1, 0.15) is 0 Å². The molecule has 9 nitrogen and oxygen atoms in total. The summed E-state index contributed by atoms with van der Waals surface area (Å²) in [6.45, 7) is 3.40. The molecule has 12 heteroatoms. The van der Waals surface area contributed by atoms with Gasteiger partial charge >= 0.3 is 0 Å². The lowest BCUT2D eigenvalue weighted by molar-refractivity contribution is 0.482. The molecule has 0 fully saturated rings. The number of hydrogen-bond donors (Lipinski definition) is 5. The van der Waals surface area contributed by atoms with Gasteiger partial charge in [-0.25, -0.2) is 0 Å². The smallest absolute Gasteiger partial charge is 0.266 e. The van der Waals surface area contributed by atoms with E-state index in [1.807, 2.05) is 0 Å². The maximum Gasteiger partial charge on any atom is 0.266 e. The van der Waals surface area contributed by atoms with Crippen LogP contribution in [0.5, 0.6) is 0 Å². The highest BCUT2D eigenvalue weighted by atomic mass is 32.2. The molecule has 0 saturated heterocycles. The molecular weight excluding hydrogens is 336 g/mol. The van der Waals surface area contributed by atoms with Gasteiger partial charge < -0.3 is 10.6 Å². The van der Waals surface area contributed by atoms with Gasteiger partial charge in [0.05, 0.1) is 17.2 Å². The van der Waals surface area contributed by atoms with Gasteiger partial charge in [-0.3, -0.25) is 15.4 Å². The van der Waals surface area contributed by atoms with Crippen molar-refractivity contribution >= 4 is 56.2 Å². The number of rotatable bonds is 6. The van der Waals surface area contributed by atoms with Crippen LogP contribution in [-0.4, -0.2) is 54.0 Å². The molecule has 5 N–H and O–H groups in total. The van der Waals surface area contributed by atoms with Crippen molar-refractivity contribution in [3.8, 4) is 0 Å². The van der Waals surface area contributed by atoms with Gasteiger partial charge in [0, 0.05) is 13.6 Å². The Labute approximate surface area is 134 Å². The quantitative estimate of drug-likeness (QED) is 0.180. The summed E-state index contributed by atoms with van der Waals surface area (Å²) in [5, 5.41) is 13.7. The van der Waals surface area contributed by atoms with Crippen LogP contribution in [0.3, 0.4) is 0 Å². The highest BCUT2D eigenvalue weighted by molar-refractivity contribution is 7.85. The summed E-state index contributed by atoms with van der Waals surface area (Å²) in [5.74, 6) is -0.441. The fourth-order valence-electron chi connectivity index (χ4n) is 0.820. The molecular formula is C9H18N6O3S3. The molecule has 0 aromatic carbocycles. The second-order valence-electron chi connectivity index (χ2n) is 3.74. The van der Waals surface area contributed by atoms with Crippen LogP contribution in [0.15, 0.2) is 10.2 Å². The maximum atomic E-state index is 10.5. The van der Waals surface area contributed by atoms with Crippen molar-refractivity contribution in [1.82, 2.24) is 21.5 Å². The molecule has 0 rings (SSSR count). The lowest BCUT2D eigenvalue weighted by atomic mass is 10.3. The molecule has 0 aliphatic carbocycles. The molecule has 0 bridgehead atoms. The number of nitrogens with zero attached hydrogens (tertiary/aromatic N) is 2. The Bertz CT molecular complexity index is 543. The van der Waals surface area contributed by atoms with E-state index in [2.05, 4.69) is 31.7 Å². The zero-order valence-electron chi connectivity index (χ0n) is 11.8. The monoisotopic (exact) mass is 354 g/mol. The third-order valence-electron chi connectivity index (χ3n) is 2.05. The van der Waals surface area contributed by atoms with E-state index in [-0.39, 0.29) is 11.7 Å². The molecule has 0 aromatic rings. The van der Waals surface area contributed by atoms with Crippen LogP contribution in [0.1, 0.15) is 13.8 Å². The largest absolute Gasteiger partial charge is 0.364 e. The zero-order valence-corrected chi connectivity index (χ0v) is 14.2. The standard InChI is InChI=1S/C9H18N6O3S3/c1-6(12-14-8(19)10-3)7(2)13-15-9(20)11-4-5-21(16,17)18/h4-5H2,1-3H3,(H2,10,14,19)(H2,11,15,20)(H,16,17,18)/b12-6+,13-7-. The molecule has 120 valence electrons. The molecule has 0 aliphatic heterocycles. The highest BCUT2D eigenvalue weighted by Gasteiger charge is 2.04. The normalized spacial score (nSPS) is 12.6. The number of nitrogens with one attached hydrogen (secondary N) is 4. The van der Waals surface area contributed by atoms with E-state index in [0.29, 0.717) is 16.5 Å². The minimum absolute atomic E-state index is 0.0235. The Balaban J connectivity index is 4.27. The van der Waals surface area contributed by atoms with Crippen LogP contribution in [-0.2, 0) is 10.1 Å². The summed E-state index contributed by atoms with van der Waals surface area (Å²) in [7, 11) is -2.35. The maximum absolute atomic E-state index is 10.5. The van der Waals surface area contributed by atoms with E-state index in [9.17, 15) is 8.42 Å². The zero-order chi connectivity index (χ0) is 16.5. The summed E-state index contributed by atoms with van der Waals surface area (Å²) in [6, 6.07) is 0. The topological polar surface area (TPSA) is 127 Å². The van der Waals surface area contributed by atoms with Gasteiger partial charge in [-0.15, -0.1) is 0 Å². The molecule has 21 heavy (non-hydrogen) atoms. The van der Waals surface area contributed by atoms with Crippen molar-refractivity contribution < 1.29 is 13.0 Å². The fourth-order valence-corrected chi connectivity index (χ4v) is 1.37. The summed E-state index contributed by atoms with van der Waals surface area (Å²) >= 11 is 9.74. The molecule has 0 radical (unpaired) electrons. The third-order valence-corrected chi connectivity index (χ3v) is 3.30. The van der Waals surface area contributed by atoms with Gasteiger partial charge in [0.2, 0.25) is 0 Å². The third kappa shape index (κ3) is 11.0. The average molecular weight is 354 g/mol. The van der Waals surface area contributed by atoms with Crippen molar-refractivity contribution in [2.75, 3.05) is 19.3 Å². The van der Waals surface area contributed by atoms with Crippen LogP contribution in [0.4, 0.5) is 0 Å². The van der Waals surface area contributed by atoms with Crippen LogP contribution in [0.2, 0.25) is 0 Å². The molecule has 0 amide bonds. The Morgan fingerprint density at radius 2 is 1.57 bits per heavy atom. The first kappa shape index (κ1) is 19.6. The van der Waals surface area contributed by atoms with Gasteiger partial charge in [-0.05, 0) is 38.3 Å². The van der Waals surface area contributed by atoms with Crippen LogP contribution in [0, 0.1) is 0 Å². The van der Waals surface area contributed by atoms with E-state index in [0.717, 1.165) is 0 Å².